The van der Waals surface area contributed by atoms with E-state index in [9.17, 15) is 4.79 Å². The summed E-state index contributed by atoms with van der Waals surface area (Å²) >= 11 is 0. The molecule has 1 atom stereocenters. The first-order valence-electron chi connectivity index (χ1n) is 4.55. The standard InChI is InChI=1S/C11H16O2/c1-7(2)9-5-6-10(8(3)4)13-11(9)12/h10H,3,5-6H2,1-2,4H3. The first-order chi connectivity index (χ1) is 6.02. The van der Waals surface area contributed by atoms with E-state index in [1.54, 1.807) is 0 Å². The average Bonchev–Trinajstić information content (AvgIpc) is 2.03. The number of carbonyl (C=O) groups is 1. The number of hydrogen-bond donors (Lipinski definition) is 0. The van der Waals surface area contributed by atoms with Crippen LogP contribution >= 0.6 is 0 Å². The molecular formula is C11H16O2. The van der Waals surface area contributed by atoms with Gasteiger partial charge in [0.25, 0.3) is 0 Å². The largest absolute Gasteiger partial charge is 0.454 e. The quantitative estimate of drug-likeness (QED) is 0.352. The van der Waals surface area contributed by atoms with E-state index in [1.807, 2.05) is 20.8 Å². The van der Waals surface area contributed by atoms with Crippen molar-refractivity contribution in [2.45, 2.75) is 39.7 Å². The first-order valence-corrected chi connectivity index (χ1v) is 4.55. The Bertz CT molecular complexity index is 270. The van der Waals surface area contributed by atoms with Gasteiger partial charge in [0.05, 0.1) is 0 Å². The SMILES string of the molecule is C=C(C)C1CCC(=C(C)C)C(=O)O1. The van der Waals surface area contributed by atoms with Gasteiger partial charge < -0.3 is 4.74 Å². The summed E-state index contributed by atoms with van der Waals surface area (Å²) in [6.45, 7) is 9.57. The first kappa shape index (κ1) is 10.0. The van der Waals surface area contributed by atoms with Crippen molar-refractivity contribution in [3.63, 3.8) is 0 Å². The highest BCUT2D eigenvalue weighted by Crippen LogP contribution is 2.25. The fraction of sp³-hybridized carbons (Fsp3) is 0.545. The Labute approximate surface area is 79.3 Å². The molecule has 1 aliphatic heterocycles. The van der Waals surface area contributed by atoms with Crippen LogP contribution < -0.4 is 0 Å². The topological polar surface area (TPSA) is 26.3 Å². The van der Waals surface area contributed by atoms with E-state index >= 15 is 0 Å². The van der Waals surface area contributed by atoms with Gasteiger partial charge in [-0.15, -0.1) is 0 Å². The summed E-state index contributed by atoms with van der Waals surface area (Å²) in [5.41, 5.74) is 2.82. The molecule has 13 heavy (non-hydrogen) atoms. The highest BCUT2D eigenvalue weighted by Gasteiger charge is 2.25. The van der Waals surface area contributed by atoms with Crippen molar-refractivity contribution in [1.29, 1.82) is 0 Å². The summed E-state index contributed by atoms with van der Waals surface area (Å²) in [7, 11) is 0. The van der Waals surface area contributed by atoms with E-state index in [2.05, 4.69) is 6.58 Å². The van der Waals surface area contributed by atoms with Crippen LogP contribution in [-0.2, 0) is 9.53 Å². The average molecular weight is 180 g/mol. The van der Waals surface area contributed by atoms with Crippen LogP contribution in [0.15, 0.2) is 23.3 Å². The summed E-state index contributed by atoms with van der Waals surface area (Å²) in [4.78, 5) is 11.4. The van der Waals surface area contributed by atoms with Gasteiger partial charge in [0.15, 0.2) is 0 Å². The summed E-state index contributed by atoms with van der Waals surface area (Å²) < 4.78 is 5.23. The lowest BCUT2D eigenvalue weighted by Gasteiger charge is -2.24. The molecule has 1 saturated heterocycles. The molecule has 1 unspecified atom stereocenters. The van der Waals surface area contributed by atoms with E-state index < -0.39 is 0 Å². The molecule has 0 amide bonds. The zero-order valence-electron chi connectivity index (χ0n) is 8.52. The van der Waals surface area contributed by atoms with Crippen LogP contribution in [0.2, 0.25) is 0 Å². The second kappa shape index (κ2) is 3.77. The molecule has 72 valence electrons. The molecule has 0 aromatic rings. The molecule has 2 nitrogen and oxygen atoms in total. The lowest BCUT2D eigenvalue weighted by Crippen LogP contribution is -2.26. The molecule has 0 aromatic carbocycles. The van der Waals surface area contributed by atoms with Gasteiger partial charge in [-0.2, -0.15) is 0 Å². The lowest BCUT2D eigenvalue weighted by molar-refractivity contribution is -0.145. The number of esters is 1. The predicted molar refractivity (Wildman–Crippen MR) is 52.3 cm³/mol. The Morgan fingerprint density at radius 1 is 1.46 bits per heavy atom. The van der Waals surface area contributed by atoms with Gasteiger partial charge in [-0.1, -0.05) is 12.2 Å². The Hall–Kier alpha value is -1.05. The maximum atomic E-state index is 11.4. The van der Waals surface area contributed by atoms with Crippen LogP contribution in [0.1, 0.15) is 33.6 Å². The molecule has 1 aliphatic rings. The molecule has 0 spiro atoms. The van der Waals surface area contributed by atoms with Gasteiger partial charge in [0.2, 0.25) is 0 Å². The summed E-state index contributed by atoms with van der Waals surface area (Å²) in [5.74, 6) is -0.167. The minimum absolute atomic E-state index is 0.0735. The van der Waals surface area contributed by atoms with Crippen LogP contribution in [0.5, 0.6) is 0 Å². The van der Waals surface area contributed by atoms with E-state index in [0.29, 0.717) is 0 Å². The molecular weight excluding hydrogens is 164 g/mol. The summed E-state index contributed by atoms with van der Waals surface area (Å²) in [5, 5.41) is 0. The highest BCUT2D eigenvalue weighted by molar-refractivity contribution is 5.90. The van der Waals surface area contributed by atoms with Gasteiger partial charge >= 0.3 is 5.97 Å². The lowest BCUT2D eigenvalue weighted by atomic mass is 9.97. The van der Waals surface area contributed by atoms with Crippen molar-refractivity contribution >= 4 is 5.97 Å². The van der Waals surface area contributed by atoms with Gasteiger partial charge in [0.1, 0.15) is 6.10 Å². The third-order valence-corrected chi connectivity index (χ3v) is 2.31. The minimum atomic E-state index is -0.167. The van der Waals surface area contributed by atoms with Crippen molar-refractivity contribution in [1.82, 2.24) is 0 Å². The number of cyclic esters (lactones) is 1. The minimum Gasteiger partial charge on any atom is -0.454 e. The van der Waals surface area contributed by atoms with Crippen LogP contribution in [-0.4, -0.2) is 12.1 Å². The molecule has 2 heteroatoms. The number of allylic oxidation sites excluding steroid dienone is 1. The zero-order chi connectivity index (χ0) is 10.0. The fourth-order valence-corrected chi connectivity index (χ4v) is 1.44. The van der Waals surface area contributed by atoms with Crippen LogP contribution in [0, 0.1) is 0 Å². The van der Waals surface area contributed by atoms with Crippen LogP contribution in [0.25, 0.3) is 0 Å². The molecule has 0 radical (unpaired) electrons. The van der Waals surface area contributed by atoms with Crippen molar-refractivity contribution in [3.05, 3.63) is 23.3 Å². The zero-order valence-corrected chi connectivity index (χ0v) is 8.52. The third kappa shape index (κ3) is 2.20. The Morgan fingerprint density at radius 2 is 2.08 bits per heavy atom. The van der Waals surface area contributed by atoms with Crippen LogP contribution in [0.4, 0.5) is 0 Å². The smallest absolute Gasteiger partial charge is 0.334 e. The molecule has 0 aliphatic carbocycles. The van der Waals surface area contributed by atoms with Crippen LogP contribution in [0.3, 0.4) is 0 Å². The number of hydrogen-bond acceptors (Lipinski definition) is 2. The number of rotatable bonds is 1. The second-order valence-corrected chi connectivity index (χ2v) is 3.76. The third-order valence-electron chi connectivity index (χ3n) is 2.31. The van der Waals surface area contributed by atoms with Gasteiger partial charge in [-0.3, -0.25) is 0 Å². The molecule has 1 rings (SSSR count). The predicted octanol–water partition coefficient (Wildman–Crippen LogP) is 2.60. The van der Waals surface area contributed by atoms with Crippen molar-refractivity contribution in [3.8, 4) is 0 Å². The van der Waals surface area contributed by atoms with Gasteiger partial charge in [-0.05, 0) is 39.2 Å². The summed E-state index contributed by atoms with van der Waals surface area (Å²) in [6, 6.07) is 0. The van der Waals surface area contributed by atoms with E-state index in [0.717, 1.165) is 29.6 Å². The summed E-state index contributed by atoms with van der Waals surface area (Å²) in [6.07, 6.45) is 1.62. The van der Waals surface area contributed by atoms with E-state index in [-0.39, 0.29) is 12.1 Å². The molecule has 1 fully saturated rings. The maximum absolute atomic E-state index is 11.4. The normalized spacial score (nSPS) is 22.5. The molecule has 0 aromatic heterocycles. The molecule has 0 N–H and O–H groups in total. The van der Waals surface area contributed by atoms with Crippen molar-refractivity contribution < 1.29 is 9.53 Å². The van der Waals surface area contributed by atoms with Crippen molar-refractivity contribution in [2.24, 2.45) is 0 Å². The Kier molecular flexibility index (Phi) is 2.91. The molecule has 0 bridgehead atoms. The maximum Gasteiger partial charge on any atom is 0.334 e. The monoisotopic (exact) mass is 180 g/mol. The molecule has 1 heterocycles. The fourth-order valence-electron chi connectivity index (χ4n) is 1.44. The van der Waals surface area contributed by atoms with Gasteiger partial charge in [0, 0.05) is 5.57 Å². The number of ether oxygens (including phenoxy) is 1. The molecule has 0 saturated carbocycles. The van der Waals surface area contributed by atoms with E-state index in [4.69, 9.17) is 4.74 Å². The van der Waals surface area contributed by atoms with Gasteiger partial charge in [-0.25, -0.2) is 4.79 Å². The number of carbonyl (C=O) groups excluding carboxylic acids is 1. The Balaban J connectivity index is 2.74. The van der Waals surface area contributed by atoms with Crippen molar-refractivity contribution in [2.75, 3.05) is 0 Å². The van der Waals surface area contributed by atoms with E-state index in [1.165, 1.54) is 0 Å². The second-order valence-electron chi connectivity index (χ2n) is 3.76. The Morgan fingerprint density at radius 3 is 2.46 bits per heavy atom. The highest BCUT2D eigenvalue weighted by atomic mass is 16.5.